The van der Waals surface area contributed by atoms with Gasteiger partial charge in [0.15, 0.2) is 5.82 Å². The highest BCUT2D eigenvalue weighted by atomic mass is 32.2. The summed E-state index contributed by atoms with van der Waals surface area (Å²) in [4.78, 5) is 22.2. The second-order valence-electron chi connectivity index (χ2n) is 11.0. The number of nitrogens with zero attached hydrogens (tertiary/aromatic N) is 4. The van der Waals surface area contributed by atoms with Gasteiger partial charge in [0.25, 0.3) is 5.71 Å². The Kier molecular flexibility index (Phi) is 8.67. The highest BCUT2D eigenvalue weighted by Crippen LogP contribution is 2.38. The van der Waals surface area contributed by atoms with Crippen LogP contribution in [0.2, 0.25) is 0 Å². The number of benzene rings is 2. The molecule has 4 aromatic rings. The molecule has 0 atom stereocenters. The zero-order valence-electron chi connectivity index (χ0n) is 24.9. The first kappa shape index (κ1) is 29.4. The van der Waals surface area contributed by atoms with E-state index < -0.39 is 5.60 Å². The normalized spacial score (nSPS) is 13.8. The lowest BCUT2D eigenvalue weighted by molar-refractivity contribution is 0.0240. The monoisotopic (exact) mass is 591 g/mol. The van der Waals surface area contributed by atoms with E-state index in [0.717, 1.165) is 28.3 Å². The summed E-state index contributed by atoms with van der Waals surface area (Å²) in [5.41, 5.74) is 3.76. The molecule has 1 fully saturated rings. The summed E-state index contributed by atoms with van der Waals surface area (Å²) < 4.78 is 25.8. The molecule has 0 aliphatic carbocycles. The topological polar surface area (TPSA) is 102 Å². The Balaban J connectivity index is 1.33. The highest BCUT2D eigenvalue weighted by molar-refractivity contribution is 8.00. The molecule has 2 aromatic heterocycles. The number of fused-ring (bicyclic) bond motifs is 1. The summed E-state index contributed by atoms with van der Waals surface area (Å²) >= 11 is 1.40. The van der Waals surface area contributed by atoms with Crippen LogP contribution in [0, 0.1) is 0 Å². The van der Waals surface area contributed by atoms with Crippen molar-refractivity contribution >= 4 is 40.6 Å². The van der Waals surface area contributed by atoms with Gasteiger partial charge < -0.3 is 33.3 Å². The number of rotatable bonds is 8. The third-order valence-electron chi connectivity index (χ3n) is 6.96. The Bertz CT molecular complexity index is 1560. The van der Waals surface area contributed by atoms with Gasteiger partial charge in [-0.05, 0) is 69.0 Å². The fraction of sp³-hybridized carbons (Fsp3) is 0.387. The number of carbonyl (C=O) groups is 1. The van der Waals surface area contributed by atoms with E-state index in [9.17, 15) is 4.79 Å². The van der Waals surface area contributed by atoms with Gasteiger partial charge in [-0.2, -0.15) is 0 Å². The van der Waals surface area contributed by atoms with Crippen molar-refractivity contribution < 1.29 is 23.5 Å². The predicted octanol–water partition coefficient (Wildman–Crippen LogP) is 6.65. The van der Waals surface area contributed by atoms with Gasteiger partial charge in [-0.3, -0.25) is 0 Å². The van der Waals surface area contributed by atoms with Gasteiger partial charge in [0.05, 0.1) is 24.8 Å². The molecule has 3 heterocycles. The first-order chi connectivity index (χ1) is 20.2. The zero-order chi connectivity index (χ0) is 29.9. The number of aryl methyl sites for hydroxylation is 1. The number of methoxy groups -OCH3 is 2. The van der Waals surface area contributed by atoms with Gasteiger partial charge in [-0.15, -0.1) is 0 Å². The van der Waals surface area contributed by atoms with Crippen molar-refractivity contribution in [2.45, 2.75) is 44.6 Å². The summed E-state index contributed by atoms with van der Waals surface area (Å²) in [7, 11) is 3.28. The molecule has 0 bridgehead atoms. The molecule has 1 saturated heterocycles. The van der Waals surface area contributed by atoms with Crippen molar-refractivity contribution in [2.24, 2.45) is 0 Å². The third-order valence-corrected chi connectivity index (χ3v) is 7.80. The maximum atomic E-state index is 12.5. The maximum absolute atomic E-state index is 12.5. The molecule has 1 amide bonds. The van der Waals surface area contributed by atoms with Crippen LogP contribution in [0.1, 0.15) is 33.3 Å². The Hall–Kier alpha value is -4.12. The predicted molar refractivity (Wildman–Crippen MR) is 166 cm³/mol. The second-order valence-corrected chi connectivity index (χ2v) is 11.8. The van der Waals surface area contributed by atoms with Crippen LogP contribution < -0.4 is 19.1 Å². The number of ether oxygens (including phenoxy) is 3. The number of nitrogens with one attached hydrogen (secondary N) is 1. The van der Waals surface area contributed by atoms with Gasteiger partial charge in [-0.1, -0.05) is 30.3 Å². The van der Waals surface area contributed by atoms with Crippen molar-refractivity contribution in [3.05, 3.63) is 54.1 Å². The van der Waals surface area contributed by atoms with Crippen LogP contribution in [0.4, 0.5) is 16.3 Å². The van der Waals surface area contributed by atoms with E-state index in [1.54, 1.807) is 19.1 Å². The lowest BCUT2D eigenvalue weighted by Gasteiger charge is -2.36. The molecular weight excluding hydrogens is 554 g/mol. The van der Waals surface area contributed by atoms with Crippen molar-refractivity contribution in [3.63, 3.8) is 0 Å². The van der Waals surface area contributed by atoms with Crippen LogP contribution in [-0.2, 0) is 11.2 Å². The van der Waals surface area contributed by atoms with Crippen molar-refractivity contribution in [3.8, 4) is 22.8 Å². The number of aromatic nitrogens is 2. The number of piperazine rings is 1. The van der Waals surface area contributed by atoms with Gasteiger partial charge in [0, 0.05) is 43.5 Å². The van der Waals surface area contributed by atoms with Crippen LogP contribution in [-0.4, -0.2) is 67.1 Å². The third kappa shape index (κ3) is 6.51. The molecule has 1 N–H and O–H groups in total. The van der Waals surface area contributed by atoms with Crippen molar-refractivity contribution in [2.75, 3.05) is 50.0 Å². The van der Waals surface area contributed by atoms with Crippen molar-refractivity contribution in [1.29, 1.82) is 0 Å². The number of amides is 1. The summed E-state index contributed by atoms with van der Waals surface area (Å²) in [5.74, 6) is 1.90. The van der Waals surface area contributed by atoms with E-state index in [1.807, 2.05) is 45.0 Å². The zero-order valence-corrected chi connectivity index (χ0v) is 25.7. The fourth-order valence-corrected chi connectivity index (χ4v) is 5.56. The van der Waals surface area contributed by atoms with Crippen molar-refractivity contribution in [1.82, 2.24) is 15.0 Å². The quantitative estimate of drug-likeness (QED) is 0.224. The van der Waals surface area contributed by atoms with Crippen LogP contribution in [0.15, 0.2) is 57.9 Å². The largest absolute Gasteiger partial charge is 0.496 e. The number of anilines is 2. The number of carbonyl (C=O) groups excluding carboxylic acids is 1. The molecule has 1 aliphatic rings. The Labute approximate surface area is 250 Å². The van der Waals surface area contributed by atoms with Crippen LogP contribution in [0.3, 0.4) is 0 Å². The molecule has 2 aromatic carbocycles. The standard InChI is InChI=1S/C31H37N5O5S/c1-7-20-11-12-24(38-5)26(17-20)42-34-28-27-25(39-6)19-23(32-29(27)41-33-28)21-9-8-10-22(18-21)35-13-15-36(16-14-35)30(37)40-31(2,3)4/h8-12,17-19H,7,13-16H2,1-6H3,(H,33,34). The van der Waals surface area contributed by atoms with Gasteiger partial charge in [0.1, 0.15) is 22.5 Å². The average molecular weight is 592 g/mol. The number of pyridine rings is 1. The van der Waals surface area contributed by atoms with Gasteiger partial charge >= 0.3 is 6.09 Å². The number of hydrogen-bond donors (Lipinski definition) is 1. The first-order valence-corrected chi connectivity index (χ1v) is 14.8. The SMILES string of the molecule is CCc1ccc(OC)c(SNc2noc3nc(-c4cccc(N5CCN(C(=O)OC(C)(C)C)CC5)c4)cc(OC)c23)c1. The van der Waals surface area contributed by atoms with E-state index in [2.05, 4.69) is 46.0 Å². The highest BCUT2D eigenvalue weighted by Gasteiger charge is 2.26. The minimum atomic E-state index is -0.509. The molecule has 11 heteroatoms. The van der Waals surface area contributed by atoms with E-state index in [1.165, 1.54) is 17.5 Å². The summed E-state index contributed by atoms with van der Waals surface area (Å²) in [6, 6.07) is 16.2. The average Bonchev–Trinajstić information content (AvgIpc) is 3.41. The second kappa shape index (κ2) is 12.4. The summed E-state index contributed by atoms with van der Waals surface area (Å²) in [5, 5.41) is 4.91. The molecule has 222 valence electrons. The molecule has 10 nitrogen and oxygen atoms in total. The van der Waals surface area contributed by atoms with Crippen LogP contribution >= 0.6 is 11.9 Å². The molecule has 5 rings (SSSR count). The molecular formula is C31H37N5O5S. The van der Waals surface area contributed by atoms with E-state index in [-0.39, 0.29) is 6.09 Å². The molecule has 0 spiro atoms. The van der Waals surface area contributed by atoms with Crippen LogP contribution in [0.5, 0.6) is 11.5 Å². The molecule has 0 saturated carbocycles. The lowest BCUT2D eigenvalue weighted by Crippen LogP contribution is -2.50. The number of hydrogen-bond acceptors (Lipinski definition) is 10. The van der Waals surface area contributed by atoms with E-state index in [4.69, 9.17) is 23.7 Å². The Morgan fingerprint density at radius 1 is 1.02 bits per heavy atom. The lowest BCUT2D eigenvalue weighted by atomic mass is 10.1. The minimum absolute atomic E-state index is 0.270. The molecule has 0 radical (unpaired) electrons. The van der Waals surface area contributed by atoms with E-state index in [0.29, 0.717) is 54.5 Å². The summed E-state index contributed by atoms with van der Waals surface area (Å²) in [6.45, 7) is 10.4. The minimum Gasteiger partial charge on any atom is -0.496 e. The van der Waals surface area contributed by atoms with E-state index >= 15 is 0 Å². The molecule has 0 unspecified atom stereocenters. The van der Waals surface area contributed by atoms with Crippen LogP contribution in [0.25, 0.3) is 22.4 Å². The molecule has 42 heavy (non-hydrogen) atoms. The first-order valence-electron chi connectivity index (χ1n) is 14.0. The molecule has 1 aliphatic heterocycles. The maximum Gasteiger partial charge on any atom is 0.410 e. The van der Waals surface area contributed by atoms with Gasteiger partial charge in [-0.25, -0.2) is 9.78 Å². The van der Waals surface area contributed by atoms with Gasteiger partial charge in [0.2, 0.25) is 0 Å². The smallest absolute Gasteiger partial charge is 0.410 e. The summed E-state index contributed by atoms with van der Waals surface area (Å²) in [6.07, 6.45) is 0.655. The Morgan fingerprint density at radius 3 is 2.48 bits per heavy atom. The fourth-order valence-electron chi connectivity index (χ4n) is 4.76. The Morgan fingerprint density at radius 2 is 1.79 bits per heavy atom.